The number of methoxy groups -OCH3 is 1. The SMILES string of the molecule is CCNC(=NCc1ccc(OCCO)c(OC)c1)NCCCC(C)C.I. The second kappa shape index (κ2) is 14.9. The van der Waals surface area contributed by atoms with Crippen LogP contribution in [0.2, 0.25) is 0 Å². The first kappa shape index (κ1) is 24.8. The van der Waals surface area contributed by atoms with Crippen LogP contribution in [0, 0.1) is 5.92 Å². The highest BCUT2D eigenvalue weighted by Crippen LogP contribution is 2.28. The van der Waals surface area contributed by atoms with Gasteiger partial charge in [-0.2, -0.15) is 0 Å². The number of ether oxygens (including phenoxy) is 2. The molecule has 0 aliphatic rings. The van der Waals surface area contributed by atoms with E-state index < -0.39 is 0 Å². The van der Waals surface area contributed by atoms with E-state index in [1.807, 2.05) is 18.2 Å². The van der Waals surface area contributed by atoms with E-state index in [1.165, 1.54) is 6.42 Å². The van der Waals surface area contributed by atoms with Gasteiger partial charge in [0.25, 0.3) is 0 Å². The Morgan fingerprint density at radius 2 is 2.00 bits per heavy atom. The van der Waals surface area contributed by atoms with E-state index >= 15 is 0 Å². The zero-order chi connectivity index (χ0) is 18.5. The molecule has 1 aromatic rings. The molecule has 0 aromatic heterocycles. The van der Waals surface area contributed by atoms with E-state index in [1.54, 1.807) is 7.11 Å². The van der Waals surface area contributed by atoms with Gasteiger partial charge in [-0.15, -0.1) is 24.0 Å². The van der Waals surface area contributed by atoms with Crippen LogP contribution in [0.5, 0.6) is 11.5 Å². The van der Waals surface area contributed by atoms with Crippen LogP contribution in [-0.2, 0) is 6.54 Å². The van der Waals surface area contributed by atoms with Crippen molar-refractivity contribution >= 4 is 29.9 Å². The van der Waals surface area contributed by atoms with Gasteiger partial charge in [0.05, 0.1) is 20.3 Å². The smallest absolute Gasteiger partial charge is 0.191 e. The summed E-state index contributed by atoms with van der Waals surface area (Å²) in [6.07, 6.45) is 2.34. The quantitative estimate of drug-likeness (QED) is 0.197. The lowest BCUT2D eigenvalue weighted by Crippen LogP contribution is -2.37. The Morgan fingerprint density at radius 1 is 1.23 bits per heavy atom. The predicted octanol–water partition coefficient (Wildman–Crippen LogP) is 3.18. The number of guanidine groups is 1. The number of nitrogens with one attached hydrogen (secondary N) is 2. The van der Waals surface area contributed by atoms with E-state index in [9.17, 15) is 0 Å². The number of rotatable bonds is 11. The fourth-order valence-corrected chi connectivity index (χ4v) is 2.31. The molecule has 0 aliphatic heterocycles. The Bertz CT molecular complexity index is 525. The molecule has 0 radical (unpaired) electrons. The number of hydrogen-bond donors (Lipinski definition) is 3. The molecule has 0 unspecified atom stereocenters. The standard InChI is InChI=1S/C19H33N3O3.HI/c1-5-20-19(21-10-6-7-15(2)3)22-14-16-8-9-17(25-12-11-23)18(13-16)24-4;/h8-9,13,15,23H,5-7,10-12,14H2,1-4H3,(H2,20,21,22);1H. The Labute approximate surface area is 174 Å². The fourth-order valence-electron chi connectivity index (χ4n) is 2.31. The normalized spacial score (nSPS) is 11.1. The number of aliphatic hydroxyl groups is 1. The lowest BCUT2D eigenvalue weighted by molar-refractivity contribution is 0.196. The van der Waals surface area contributed by atoms with Gasteiger partial charge in [0, 0.05) is 13.1 Å². The number of benzene rings is 1. The van der Waals surface area contributed by atoms with Crippen LogP contribution in [0.25, 0.3) is 0 Å². The van der Waals surface area contributed by atoms with Crippen LogP contribution in [0.4, 0.5) is 0 Å². The van der Waals surface area contributed by atoms with Gasteiger partial charge in [0.1, 0.15) is 6.61 Å². The molecule has 0 bridgehead atoms. The molecule has 7 heteroatoms. The predicted molar refractivity (Wildman–Crippen MR) is 118 cm³/mol. The van der Waals surface area contributed by atoms with Gasteiger partial charge >= 0.3 is 0 Å². The first-order valence-electron chi connectivity index (χ1n) is 9.03. The lowest BCUT2D eigenvalue weighted by atomic mass is 10.1. The number of hydrogen-bond acceptors (Lipinski definition) is 4. The molecular formula is C19H34IN3O3. The number of halogens is 1. The first-order chi connectivity index (χ1) is 12.1. The summed E-state index contributed by atoms with van der Waals surface area (Å²) in [5.41, 5.74) is 1.03. The van der Waals surface area contributed by atoms with E-state index in [4.69, 9.17) is 14.6 Å². The molecule has 150 valence electrons. The average molecular weight is 479 g/mol. The third kappa shape index (κ3) is 10.1. The van der Waals surface area contributed by atoms with Crippen LogP contribution >= 0.6 is 24.0 Å². The molecule has 1 aromatic carbocycles. The summed E-state index contributed by atoms with van der Waals surface area (Å²) in [6.45, 7) is 9.05. The van der Waals surface area contributed by atoms with Crippen molar-refractivity contribution < 1.29 is 14.6 Å². The summed E-state index contributed by atoms with van der Waals surface area (Å²) >= 11 is 0. The van der Waals surface area contributed by atoms with E-state index in [-0.39, 0.29) is 37.2 Å². The molecule has 0 aliphatic carbocycles. The third-order valence-corrected chi connectivity index (χ3v) is 3.59. The summed E-state index contributed by atoms with van der Waals surface area (Å²) in [7, 11) is 1.61. The molecule has 3 N–H and O–H groups in total. The molecule has 0 atom stereocenters. The summed E-state index contributed by atoms with van der Waals surface area (Å²) in [5, 5.41) is 15.5. The highest BCUT2D eigenvalue weighted by molar-refractivity contribution is 14.0. The first-order valence-corrected chi connectivity index (χ1v) is 9.03. The maximum absolute atomic E-state index is 8.86. The number of nitrogens with zero attached hydrogens (tertiary/aromatic N) is 1. The van der Waals surface area contributed by atoms with Crippen LogP contribution in [0.15, 0.2) is 23.2 Å². The van der Waals surface area contributed by atoms with Crippen LogP contribution in [0.3, 0.4) is 0 Å². The maximum atomic E-state index is 8.86. The molecule has 0 heterocycles. The molecule has 0 saturated carbocycles. The summed E-state index contributed by atoms with van der Waals surface area (Å²) in [4.78, 5) is 4.63. The van der Waals surface area contributed by atoms with Crippen molar-refractivity contribution in [2.45, 2.75) is 40.2 Å². The van der Waals surface area contributed by atoms with Gasteiger partial charge in [-0.3, -0.25) is 0 Å². The topological polar surface area (TPSA) is 75.1 Å². The van der Waals surface area contributed by atoms with Gasteiger partial charge in [-0.25, -0.2) is 4.99 Å². The zero-order valence-electron chi connectivity index (χ0n) is 16.4. The van der Waals surface area contributed by atoms with Crippen molar-refractivity contribution in [1.82, 2.24) is 10.6 Å². The zero-order valence-corrected chi connectivity index (χ0v) is 18.7. The Morgan fingerprint density at radius 3 is 2.62 bits per heavy atom. The lowest BCUT2D eigenvalue weighted by Gasteiger charge is -2.13. The maximum Gasteiger partial charge on any atom is 0.191 e. The van der Waals surface area contributed by atoms with E-state index in [0.717, 1.165) is 37.0 Å². The molecule has 0 spiro atoms. The van der Waals surface area contributed by atoms with Gasteiger partial charge < -0.3 is 25.2 Å². The Hall–Kier alpha value is -1.22. The molecule has 1 rings (SSSR count). The van der Waals surface area contributed by atoms with Gasteiger partial charge in [0.2, 0.25) is 0 Å². The van der Waals surface area contributed by atoms with Crippen molar-refractivity contribution in [1.29, 1.82) is 0 Å². The molecule has 0 fully saturated rings. The molecular weight excluding hydrogens is 445 g/mol. The molecule has 6 nitrogen and oxygen atoms in total. The summed E-state index contributed by atoms with van der Waals surface area (Å²) in [5.74, 6) is 2.82. The summed E-state index contributed by atoms with van der Waals surface area (Å²) in [6, 6.07) is 5.72. The minimum atomic E-state index is -0.0241. The third-order valence-electron chi connectivity index (χ3n) is 3.59. The monoisotopic (exact) mass is 479 g/mol. The van der Waals surface area contributed by atoms with Crippen molar-refractivity contribution in [2.75, 3.05) is 33.4 Å². The van der Waals surface area contributed by atoms with Gasteiger partial charge in [0.15, 0.2) is 17.5 Å². The van der Waals surface area contributed by atoms with Gasteiger partial charge in [-0.1, -0.05) is 19.9 Å². The molecule has 0 amide bonds. The van der Waals surface area contributed by atoms with Crippen molar-refractivity contribution in [3.8, 4) is 11.5 Å². The van der Waals surface area contributed by atoms with Gasteiger partial charge in [-0.05, 0) is 43.4 Å². The highest BCUT2D eigenvalue weighted by Gasteiger charge is 2.06. The Kier molecular flexibility index (Phi) is 14.2. The van der Waals surface area contributed by atoms with E-state index in [0.29, 0.717) is 18.0 Å². The van der Waals surface area contributed by atoms with E-state index in [2.05, 4.69) is 36.4 Å². The van der Waals surface area contributed by atoms with Crippen LogP contribution < -0.4 is 20.1 Å². The molecule has 26 heavy (non-hydrogen) atoms. The Balaban J connectivity index is 0.00000625. The number of aliphatic imine (C=N–C) groups is 1. The largest absolute Gasteiger partial charge is 0.493 e. The van der Waals surface area contributed by atoms with Crippen molar-refractivity contribution in [2.24, 2.45) is 10.9 Å². The second-order valence-electron chi connectivity index (χ2n) is 6.22. The fraction of sp³-hybridized carbons (Fsp3) is 0.632. The molecule has 0 saturated heterocycles. The minimum absolute atomic E-state index is 0. The summed E-state index contributed by atoms with van der Waals surface area (Å²) < 4.78 is 10.8. The highest BCUT2D eigenvalue weighted by atomic mass is 127. The van der Waals surface area contributed by atoms with Crippen molar-refractivity contribution in [3.63, 3.8) is 0 Å². The minimum Gasteiger partial charge on any atom is -0.493 e. The van der Waals surface area contributed by atoms with Crippen LogP contribution in [-0.4, -0.2) is 44.5 Å². The second-order valence-corrected chi connectivity index (χ2v) is 6.22. The number of aliphatic hydroxyl groups excluding tert-OH is 1. The van der Waals surface area contributed by atoms with Crippen LogP contribution in [0.1, 0.15) is 39.2 Å². The average Bonchev–Trinajstić information content (AvgIpc) is 2.61. The van der Waals surface area contributed by atoms with Crippen molar-refractivity contribution in [3.05, 3.63) is 23.8 Å².